The quantitative estimate of drug-likeness (QED) is 0.371. The summed E-state index contributed by atoms with van der Waals surface area (Å²) in [5.41, 5.74) is -4.29. The zero-order valence-electron chi connectivity index (χ0n) is 22.0. The first-order chi connectivity index (χ1) is 18.1. The van der Waals surface area contributed by atoms with Crippen molar-refractivity contribution in [1.82, 2.24) is 15.1 Å². The molecular formula is C27H31F6N3O3. The van der Waals surface area contributed by atoms with Gasteiger partial charge in [0, 0.05) is 39.7 Å². The molecule has 0 unspecified atom stereocenters. The lowest BCUT2D eigenvalue weighted by Crippen LogP contribution is -2.49. The van der Waals surface area contributed by atoms with E-state index in [4.69, 9.17) is 4.74 Å². The van der Waals surface area contributed by atoms with E-state index in [1.807, 2.05) is 18.2 Å². The van der Waals surface area contributed by atoms with Crippen LogP contribution in [0.4, 0.5) is 31.1 Å². The Balaban J connectivity index is 1.96. The number of likely N-dealkylation sites (N-methyl/N-ethyl adjacent to an activating group) is 1. The van der Waals surface area contributed by atoms with Crippen molar-refractivity contribution >= 4 is 11.9 Å². The van der Waals surface area contributed by atoms with Crippen molar-refractivity contribution in [1.29, 1.82) is 0 Å². The Kier molecular flexibility index (Phi) is 8.88. The molecule has 2 atom stereocenters. The first-order valence-electron chi connectivity index (χ1n) is 12.2. The van der Waals surface area contributed by atoms with Gasteiger partial charge in [-0.15, -0.1) is 0 Å². The minimum atomic E-state index is -5.04. The lowest BCUT2D eigenvalue weighted by atomic mass is 9.80. The highest BCUT2D eigenvalue weighted by molar-refractivity contribution is 5.88. The fraction of sp³-hybridized carbons (Fsp3) is 0.481. The Bertz CT molecular complexity index is 1140. The molecule has 0 spiro atoms. The normalized spacial score (nSPS) is 18.3. The van der Waals surface area contributed by atoms with Gasteiger partial charge in [0.15, 0.2) is 0 Å². The highest BCUT2D eigenvalue weighted by Gasteiger charge is 2.45. The van der Waals surface area contributed by atoms with Crippen LogP contribution in [0.25, 0.3) is 0 Å². The van der Waals surface area contributed by atoms with Crippen molar-refractivity contribution in [2.24, 2.45) is 0 Å². The fourth-order valence-corrected chi connectivity index (χ4v) is 4.78. The molecule has 2 aromatic rings. The van der Waals surface area contributed by atoms with Crippen LogP contribution in [0.1, 0.15) is 42.0 Å². The summed E-state index contributed by atoms with van der Waals surface area (Å²) in [7, 11) is 2.95. The van der Waals surface area contributed by atoms with Crippen molar-refractivity contribution in [3.05, 3.63) is 70.8 Å². The van der Waals surface area contributed by atoms with Crippen LogP contribution in [0.2, 0.25) is 0 Å². The Morgan fingerprint density at radius 1 is 0.949 bits per heavy atom. The van der Waals surface area contributed by atoms with Gasteiger partial charge in [0.05, 0.1) is 29.2 Å². The number of alkyl halides is 6. The Morgan fingerprint density at radius 3 is 2.00 bits per heavy atom. The summed E-state index contributed by atoms with van der Waals surface area (Å²) in [5.74, 6) is -1.01. The van der Waals surface area contributed by atoms with E-state index < -0.39 is 46.4 Å². The number of halogens is 6. The number of hydrogen-bond donors (Lipinski definition) is 1. The molecule has 0 radical (unpaired) electrons. The van der Waals surface area contributed by atoms with Crippen LogP contribution >= 0.6 is 0 Å². The van der Waals surface area contributed by atoms with E-state index in [9.17, 15) is 35.9 Å². The molecular weight excluding hydrogens is 528 g/mol. The number of ether oxygens (including phenoxy) is 1. The van der Waals surface area contributed by atoms with Gasteiger partial charge in [0.25, 0.3) is 0 Å². The summed E-state index contributed by atoms with van der Waals surface area (Å²) in [4.78, 5) is 29.4. The van der Waals surface area contributed by atoms with E-state index in [0.29, 0.717) is 18.7 Å². The molecule has 0 bridgehead atoms. The minimum absolute atomic E-state index is 0.0379. The monoisotopic (exact) mass is 559 g/mol. The molecule has 1 saturated heterocycles. The average Bonchev–Trinajstić information content (AvgIpc) is 3.33. The van der Waals surface area contributed by atoms with Gasteiger partial charge in [0.2, 0.25) is 5.91 Å². The molecule has 0 saturated carbocycles. The van der Waals surface area contributed by atoms with Crippen molar-refractivity contribution in [3.63, 3.8) is 0 Å². The summed E-state index contributed by atoms with van der Waals surface area (Å²) in [5, 5.41) is 2.73. The number of rotatable bonds is 7. The third kappa shape index (κ3) is 6.84. The van der Waals surface area contributed by atoms with Gasteiger partial charge in [-0.1, -0.05) is 30.3 Å². The second-order valence-electron chi connectivity index (χ2n) is 10.0. The van der Waals surface area contributed by atoms with Crippen molar-refractivity contribution in [3.8, 4) is 0 Å². The van der Waals surface area contributed by atoms with Crippen LogP contribution in [0.3, 0.4) is 0 Å². The van der Waals surface area contributed by atoms with Crippen LogP contribution in [0.15, 0.2) is 48.5 Å². The van der Waals surface area contributed by atoms with Crippen molar-refractivity contribution < 1.29 is 40.7 Å². The van der Waals surface area contributed by atoms with E-state index in [1.54, 1.807) is 12.1 Å². The maximum atomic E-state index is 13.8. The minimum Gasteiger partial charge on any atom is -0.383 e. The lowest BCUT2D eigenvalue weighted by Gasteiger charge is -2.36. The SMILES string of the molecule is COCCNC(=O)N1C[C@@H](N(C)C(=O)C(C)(C)c2cc(C(F)(F)F)cc(C(F)(F)F)c2)[C@H](c2ccccc2)C1. The number of nitrogens with one attached hydrogen (secondary N) is 1. The van der Waals surface area contributed by atoms with Crippen LogP contribution in [0.5, 0.6) is 0 Å². The number of carbonyl (C=O) groups is 2. The molecule has 1 aliphatic heterocycles. The summed E-state index contributed by atoms with van der Waals surface area (Å²) in [6.07, 6.45) is -10.1. The molecule has 39 heavy (non-hydrogen) atoms. The topological polar surface area (TPSA) is 61.9 Å². The van der Waals surface area contributed by atoms with E-state index >= 15 is 0 Å². The molecule has 1 fully saturated rings. The third-order valence-electron chi connectivity index (χ3n) is 7.05. The number of amides is 3. The predicted octanol–water partition coefficient (Wildman–Crippen LogP) is 5.28. The van der Waals surface area contributed by atoms with Crippen molar-refractivity contribution in [2.45, 2.75) is 43.6 Å². The number of methoxy groups -OCH3 is 1. The molecule has 6 nitrogen and oxygen atoms in total. The average molecular weight is 560 g/mol. The number of hydrogen-bond acceptors (Lipinski definition) is 3. The van der Waals surface area contributed by atoms with Crippen LogP contribution in [0, 0.1) is 0 Å². The summed E-state index contributed by atoms with van der Waals surface area (Å²) in [6.45, 7) is 3.53. The fourth-order valence-electron chi connectivity index (χ4n) is 4.78. The van der Waals surface area contributed by atoms with Crippen LogP contribution in [-0.2, 0) is 27.3 Å². The Hall–Kier alpha value is -3.28. The van der Waals surface area contributed by atoms with Crippen molar-refractivity contribution in [2.75, 3.05) is 40.4 Å². The maximum absolute atomic E-state index is 13.8. The highest BCUT2D eigenvalue weighted by atomic mass is 19.4. The summed E-state index contributed by atoms with van der Waals surface area (Å²) < 4.78 is 85.9. The first-order valence-corrected chi connectivity index (χ1v) is 12.2. The van der Waals surface area contributed by atoms with Gasteiger partial charge in [0.1, 0.15) is 0 Å². The number of nitrogens with zero attached hydrogens (tertiary/aromatic N) is 2. The molecule has 2 aromatic carbocycles. The van der Waals surface area contributed by atoms with Gasteiger partial charge in [-0.3, -0.25) is 4.79 Å². The van der Waals surface area contributed by atoms with Gasteiger partial charge in [-0.2, -0.15) is 26.3 Å². The second kappa shape index (κ2) is 11.4. The largest absolute Gasteiger partial charge is 0.416 e. The number of carbonyl (C=O) groups excluding carboxylic acids is 2. The molecule has 214 valence electrons. The van der Waals surface area contributed by atoms with Gasteiger partial charge in [-0.05, 0) is 43.2 Å². The maximum Gasteiger partial charge on any atom is 0.416 e. The van der Waals surface area contributed by atoms with E-state index in [1.165, 1.54) is 37.8 Å². The van der Waals surface area contributed by atoms with Crippen LogP contribution < -0.4 is 5.32 Å². The third-order valence-corrected chi connectivity index (χ3v) is 7.05. The van der Waals surface area contributed by atoms with Crippen LogP contribution in [-0.4, -0.2) is 68.2 Å². The molecule has 1 N–H and O–H groups in total. The molecule has 0 aliphatic carbocycles. The number of benzene rings is 2. The predicted molar refractivity (Wildman–Crippen MR) is 132 cm³/mol. The molecule has 12 heteroatoms. The molecule has 1 aliphatic rings. The molecule has 3 amide bonds. The van der Waals surface area contributed by atoms with Gasteiger partial charge >= 0.3 is 18.4 Å². The van der Waals surface area contributed by atoms with Gasteiger partial charge < -0.3 is 19.9 Å². The second-order valence-corrected chi connectivity index (χ2v) is 10.0. The molecule has 3 rings (SSSR count). The standard InChI is InChI=1S/C27H31F6N3O3/c1-25(2,18-12-19(26(28,29)30)14-20(13-18)27(31,32)33)23(37)35(3)22-16-36(24(38)34-10-11-39-4)15-21(22)17-8-6-5-7-9-17/h5-9,12-14,21-22H,10-11,15-16H2,1-4H3,(H,34,38)/t21-,22+/m0/s1. The lowest BCUT2D eigenvalue weighted by molar-refractivity contribution is -0.144. The Morgan fingerprint density at radius 2 is 1.49 bits per heavy atom. The zero-order valence-corrected chi connectivity index (χ0v) is 22.0. The number of likely N-dealkylation sites (tertiary alicyclic amines) is 1. The van der Waals surface area contributed by atoms with E-state index in [2.05, 4.69) is 5.32 Å². The van der Waals surface area contributed by atoms with Gasteiger partial charge in [-0.25, -0.2) is 4.79 Å². The molecule has 1 heterocycles. The summed E-state index contributed by atoms with van der Waals surface area (Å²) >= 11 is 0. The van der Waals surface area contributed by atoms with E-state index in [0.717, 1.165) is 5.56 Å². The van der Waals surface area contributed by atoms with E-state index in [-0.39, 0.29) is 37.6 Å². The zero-order chi connectivity index (χ0) is 29.2. The highest BCUT2D eigenvalue weighted by Crippen LogP contribution is 2.40. The summed E-state index contributed by atoms with van der Waals surface area (Å²) in [6, 6.07) is 9.36. The first kappa shape index (κ1) is 30.3. The Labute approximate surface area is 222 Å². The smallest absolute Gasteiger partial charge is 0.383 e. The molecule has 0 aromatic heterocycles. The number of urea groups is 1.